The number of amidine groups is 1. The Balaban J connectivity index is 0.00000156. The van der Waals surface area contributed by atoms with Gasteiger partial charge < -0.3 is 16.4 Å². The summed E-state index contributed by atoms with van der Waals surface area (Å²) in [7, 11) is 0. The highest BCUT2D eigenvalue weighted by Gasteiger charge is 2.16. The number of terminal acetylenes is 1. The van der Waals surface area contributed by atoms with E-state index in [0.717, 1.165) is 33.9 Å². The largest absolute Gasteiger partial charge is 0.396 e. The molecule has 0 bridgehead atoms. The molecule has 1 aliphatic rings. The van der Waals surface area contributed by atoms with Gasteiger partial charge in [0.1, 0.15) is 17.5 Å². The van der Waals surface area contributed by atoms with Crippen molar-refractivity contribution in [3.63, 3.8) is 0 Å². The lowest BCUT2D eigenvalue weighted by Crippen LogP contribution is -2.21. The summed E-state index contributed by atoms with van der Waals surface area (Å²) in [6, 6.07) is 19.2. The van der Waals surface area contributed by atoms with Gasteiger partial charge in [-0.25, -0.2) is 9.37 Å². The summed E-state index contributed by atoms with van der Waals surface area (Å²) in [4.78, 5) is 13.3. The quantitative estimate of drug-likeness (QED) is 0.223. The molecule has 0 saturated carbocycles. The number of pyridine rings is 2. The van der Waals surface area contributed by atoms with Gasteiger partial charge in [-0.15, -0.1) is 12.8 Å². The maximum absolute atomic E-state index is 14.8. The van der Waals surface area contributed by atoms with Crippen LogP contribution in [0.2, 0.25) is 0 Å². The molecule has 0 radical (unpaired) electrons. The van der Waals surface area contributed by atoms with Crippen LogP contribution in [0.4, 0.5) is 21.6 Å². The van der Waals surface area contributed by atoms with Crippen LogP contribution < -0.4 is 16.4 Å². The number of benzene rings is 2. The lowest BCUT2D eigenvalue weighted by molar-refractivity contribution is 0.631. The van der Waals surface area contributed by atoms with Gasteiger partial charge in [-0.3, -0.25) is 9.98 Å². The van der Waals surface area contributed by atoms with Gasteiger partial charge in [0.15, 0.2) is 0 Å². The van der Waals surface area contributed by atoms with Gasteiger partial charge in [0.2, 0.25) is 0 Å². The Kier molecular flexibility index (Phi) is 7.91. The van der Waals surface area contributed by atoms with E-state index in [9.17, 15) is 4.39 Å². The smallest absolute Gasteiger partial charge is 0.146 e. The number of aliphatic imine (C=N–C) groups is 1. The fourth-order valence-corrected chi connectivity index (χ4v) is 4.06. The summed E-state index contributed by atoms with van der Waals surface area (Å²) in [5.74, 6) is 0.996. The van der Waals surface area contributed by atoms with Gasteiger partial charge in [-0.1, -0.05) is 43.0 Å². The monoisotopic (exact) mass is 490 g/mol. The minimum atomic E-state index is -0.473. The molecule has 0 unspecified atom stereocenters. The lowest BCUT2D eigenvalue weighted by atomic mass is 10.00. The first-order chi connectivity index (χ1) is 18.0. The predicted molar refractivity (Wildman–Crippen MR) is 150 cm³/mol. The number of nitrogens with one attached hydrogen (secondary N) is 2. The molecule has 0 saturated heterocycles. The van der Waals surface area contributed by atoms with E-state index in [1.165, 1.54) is 6.07 Å². The Hall–Kier alpha value is -4.96. The number of rotatable bonds is 7. The Labute approximate surface area is 216 Å². The summed E-state index contributed by atoms with van der Waals surface area (Å²) in [6.07, 6.45) is 14.2. The highest BCUT2D eigenvalue weighted by molar-refractivity contribution is 5.98. The predicted octanol–water partition coefficient (Wildman–Crippen LogP) is 5.85. The normalized spacial score (nSPS) is 11.7. The standard InChI is InChI=1S/C28H25FN6.C2H2/c1-18(10-19-6-3-2-4-7-19)34-24-12-23(15-31-17-24)21-11-22(27(30)25(29)13-21)14-26-33-16-20-8-5-9-32-28(20)35-26;1-2/h2-9,11-13,15,17,34H,1,10,14,16,30H2,(H,32,33,35);1-2H. The molecule has 7 heteroatoms. The Morgan fingerprint density at radius 2 is 1.86 bits per heavy atom. The van der Waals surface area contributed by atoms with Crippen LogP contribution in [0, 0.1) is 18.7 Å². The molecule has 5 rings (SSSR count). The number of allylic oxidation sites excluding steroid dienone is 1. The second-order valence-electron chi connectivity index (χ2n) is 8.46. The average Bonchev–Trinajstić information content (AvgIpc) is 2.93. The molecule has 184 valence electrons. The number of nitrogens with zero attached hydrogens (tertiary/aromatic N) is 3. The van der Waals surface area contributed by atoms with Crippen LogP contribution in [-0.4, -0.2) is 15.8 Å². The van der Waals surface area contributed by atoms with Crippen LogP contribution in [0.15, 0.2) is 96.5 Å². The average molecular weight is 491 g/mol. The number of nitrogen functional groups attached to an aromatic ring is 1. The van der Waals surface area contributed by atoms with Gasteiger partial charge in [-0.05, 0) is 41.0 Å². The summed E-state index contributed by atoms with van der Waals surface area (Å²) >= 11 is 0. The Morgan fingerprint density at radius 3 is 2.68 bits per heavy atom. The molecule has 1 aliphatic heterocycles. The molecule has 3 heterocycles. The van der Waals surface area contributed by atoms with Gasteiger partial charge in [0, 0.05) is 42.1 Å². The molecule has 0 fully saturated rings. The third-order valence-corrected chi connectivity index (χ3v) is 5.82. The van der Waals surface area contributed by atoms with Gasteiger partial charge in [0.05, 0.1) is 24.1 Å². The molecular weight excluding hydrogens is 463 g/mol. The first kappa shape index (κ1) is 25.1. The maximum Gasteiger partial charge on any atom is 0.146 e. The molecule has 4 aromatic rings. The molecule has 4 N–H and O–H groups in total. The number of nitrogens with two attached hydrogens (primary N) is 1. The minimum Gasteiger partial charge on any atom is -0.396 e. The third-order valence-electron chi connectivity index (χ3n) is 5.82. The van der Waals surface area contributed by atoms with Crippen LogP contribution in [0.5, 0.6) is 0 Å². The van der Waals surface area contributed by atoms with E-state index in [2.05, 4.69) is 57.2 Å². The summed E-state index contributed by atoms with van der Waals surface area (Å²) < 4.78 is 14.8. The summed E-state index contributed by atoms with van der Waals surface area (Å²) in [5, 5.41) is 6.54. The topological polar surface area (TPSA) is 88.2 Å². The second kappa shape index (κ2) is 11.6. The zero-order chi connectivity index (χ0) is 26.2. The van der Waals surface area contributed by atoms with Gasteiger partial charge in [0.25, 0.3) is 0 Å². The minimum absolute atomic E-state index is 0.114. The van der Waals surface area contributed by atoms with Crippen molar-refractivity contribution in [2.45, 2.75) is 19.4 Å². The van der Waals surface area contributed by atoms with E-state index < -0.39 is 5.82 Å². The summed E-state index contributed by atoms with van der Waals surface area (Å²) in [6.45, 7) is 4.65. The second-order valence-corrected chi connectivity index (χ2v) is 8.46. The number of aromatic nitrogens is 2. The molecule has 37 heavy (non-hydrogen) atoms. The number of hydrogen-bond acceptors (Lipinski definition) is 6. The highest BCUT2D eigenvalue weighted by atomic mass is 19.1. The molecule has 2 aromatic heterocycles. The van der Waals surface area contributed by atoms with Crippen molar-refractivity contribution in [3.8, 4) is 24.0 Å². The van der Waals surface area contributed by atoms with Crippen molar-refractivity contribution < 1.29 is 4.39 Å². The molecule has 0 spiro atoms. The summed E-state index contributed by atoms with van der Waals surface area (Å²) in [5.41, 5.74) is 12.1. The fraction of sp³-hybridized carbons (Fsp3) is 0.100. The van der Waals surface area contributed by atoms with Crippen molar-refractivity contribution in [2.75, 3.05) is 16.4 Å². The zero-order valence-corrected chi connectivity index (χ0v) is 20.3. The van der Waals surface area contributed by atoms with Crippen molar-refractivity contribution in [1.82, 2.24) is 9.97 Å². The zero-order valence-electron chi connectivity index (χ0n) is 20.3. The molecule has 0 aliphatic carbocycles. The van der Waals surface area contributed by atoms with Crippen LogP contribution in [-0.2, 0) is 19.4 Å². The molecular formula is C30H27FN6. The SMILES string of the molecule is C#C.C=C(Cc1ccccc1)Nc1cncc(-c2cc(F)c(N)c(CC3=NCc4cccnc4N3)c2)c1. The molecule has 6 nitrogen and oxygen atoms in total. The van der Waals surface area contributed by atoms with Crippen molar-refractivity contribution in [2.24, 2.45) is 4.99 Å². The number of halogens is 1. The van der Waals surface area contributed by atoms with E-state index in [0.29, 0.717) is 36.3 Å². The number of fused-ring (bicyclic) bond motifs is 1. The maximum atomic E-state index is 14.8. The van der Waals surface area contributed by atoms with Crippen molar-refractivity contribution in [3.05, 3.63) is 114 Å². The van der Waals surface area contributed by atoms with Crippen LogP contribution in [0.3, 0.4) is 0 Å². The van der Waals surface area contributed by atoms with Gasteiger partial charge >= 0.3 is 0 Å². The van der Waals surface area contributed by atoms with E-state index in [1.807, 2.05) is 42.5 Å². The number of anilines is 3. The highest BCUT2D eigenvalue weighted by Crippen LogP contribution is 2.29. The van der Waals surface area contributed by atoms with Crippen molar-refractivity contribution >= 4 is 23.0 Å². The lowest BCUT2D eigenvalue weighted by Gasteiger charge is -2.18. The van der Waals surface area contributed by atoms with E-state index >= 15 is 0 Å². The van der Waals surface area contributed by atoms with E-state index in [4.69, 9.17) is 5.73 Å². The Morgan fingerprint density at radius 1 is 1.05 bits per heavy atom. The molecule has 2 aromatic carbocycles. The molecule has 0 atom stereocenters. The van der Waals surface area contributed by atoms with E-state index in [-0.39, 0.29) is 5.69 Å². The van der Waals surface area contributed by atoms with E-state index in [1.54, 1.807) is 18.6 Å². The first-order valence-electron chi connectivity index (χ1n) is 11.6. The third kappa shape index (κ3) is 6.19. The Bertz CT molecular complexity index is 1460. The molecule has 0 amide bonds. The van der Waals surface area contributed by atoms with Crippen LogP contribution in [0.25, 0.3) is 11.1 Å². The van der Waals surface area contributed by atoms with Crippen molar-refractivity contribution in [1.29, 1.82) is 0 Å². The van der Waals surface area contributed by atoms with Crippen LogP contribution >= 0.6 is 0 Å². The fourth-order valence-electron chi connectivity index (χ4n) is 4.06. The van der Waals surface area contributed by atoms with Gasteiger partial charge in [-0.2, -0.15) is 0 Å². The van der Waals surface area contributed by atoms with Crippen LogP contribution in [0.1, 0.15) is 16.7 Å². The number of hydrogen-bond donors (Lipinski definition) is 3. The first-order valence-corrected chi connectivity index (χ1v) is 11.6.